The van der Waals surface area contributed by atoms with E-state index in [1.165, 1.54) is 35.6 Å². The molecule has 21 heavy (non-hydrogen) atoms. The highest BCUT2D eigenvalue weighted by Gasteiger charge is 2.30. The molecule has 1 N–H and O–H groups in total. The Balaban J connectivity index is 2.05. The molecule has 0 unspecified atom stereocenters. The van der Waals surface area contributed by atoms with Gasteiger partial charge in [-0.1, -0.05) is 12.1 Å². The summed E-state index contributed by atoms with van der Waals surface area (Å²) >= 11 is 1.32. The zero-order valence-electron chi connectivity index (χ0n) is 10.9. The van der Waals surface area contributed by atoms with Crippen LogP contribution in [-0.2, 0) is 11.0 Å². The maximum Gasteiger partial charge on any atom is 0.416 e. The Labute approximate surface area is 123 Å². The standard InChI is InChI=1S/C14H11F3N2OS/c1-9-8-18-13(21-9)19-12(20)6-5-10-3-2-4-11(7-10)14(15,16)17/h2-8H,1H3,(H,18,19,20). The van der Waals surface area contributed by atoms with E-state index < -0.39 is 17.6 Å². The van der Waals surface area contributed by atoms with Gasteiger partial charge in [-0.25, -0.2) is 4.98 Å². The summed E-state index contributed by atoms with van der Waals surface area (Å²) in [6.07, 6.45) is -0.279. The first-order valence-corrected chi connectivity index (χ1v) is 6.75. The molecule has 0 aliphatic rings. The van der Waals surface area contributed by atoms with Gasteiger partial charge in [-0.05, 0) is 30.7 Å². The molecule has 110 valence electrons. The number of aromatic nitrogens is 1. The summed E-state index contributed by atoms with van der Waals surface area (Å²) in [5, 5.41) is 2.99. The molecule has 0 fully saturated rings. The average Bonchev–Trinajstić information content (AvgIpc) is 2.81. The highest BCUT2D eigenvalue weighted by atomic mass is 32.1. The van der Waals surface area contributed by atoms with E-state index in [-0.39, 0.29) is 0 Å². The molecule has 2 rings (SSSR count). The smallest absolute Gasteiger partial charge is 0.298 e. The van der Waals surface area contributed by atoms with Crippen LogP contribution in [0.1, 0.15) is 16.0 Å². The molecule has 1 heterocycles. The van der Waals surface area contributed by atoms with Gasteiger partial charge in [0.2, 0.25) is 5.91 Å². The first kappa shape index (κ1) is 15.2. The number of aryl methyl sites for hydroxylation is 1. The molecule has 0 atom stereocenters. The van der Waals surface area contributed by atoms with E-state index in [2.05, 4.69) is 10.3 Å². The van der Waals surface area contributed by atoms with E-state index in [1.807, 2.05) is 6.92 Å². The van der Waals surface area contributed by atoms with Gasteiger partial charge < -0.3 is 0 Å². The Morgan fingerprint density at radius 1 is 1.38 bits per heavy atom. The molecule has 0 spiro atoms. The van der Waals surface area contributed by atoms with Gasteiger partial charge in [0.15, 0.2) is 5.13 Å². The summed E-state index contributed by atoms with van der Waals surface area (Å²) < 4.78 is 37.6. The lowest BCUT2D eigenvalue weighted by Crippen LogP contribution is -2.07. The van der Waals surface area contributed by atoms with Crippen LogP contribution in [0, 0.1) is 6.92 Å². The van der Waals surface area contributed by atoms with Crippen molar-refractivity contribution in [3.8, 4) is 0 Å². The molecule has 1 amide bonds. The fourth-order valence-electron chi connectivity index (χ4n) is 1.55. The molecule has 3 nitrogen and oxygen atoms in total. The van der Waals surface area contributed by atoms with Gasteiger partial charge in [0, 0.05) is 17.2 Å². The number of nitrogens with one attached hydrogen (secondary N) is 1. The van der Waals surface area contributed by atoms with E-state index in [0.29, 0.717) is 10.7 Å². The van der Waals surface area contributed by atoms with Crippen LogP contribution < -0.4 is 5.32 Å². The van der Waals surface area contributed by atoms with Crippen molar-refractivity contribution in [2.24, 2.45) is 0 Å². The van der Waals surface area contributed by atoms with E-state index in [9.17, 15) is 18.0 Å². The molecular formula is C14H11F3N2OS. The van der Waals surface area contributed by atoms with Crippen LogP contribution >= 0.6 is 11.3 Å². The molecular weight excluding hydrogens is 301 g/mol. The second-order valence-electron chi connectivity index (χ2n) is 4.22. The highest BCUT2D eigenvalue weighted by Crippen LogP contribution is 2.29. The van der Waals surface area contributed by atoms with Crippen molar-refractivity contribution in [2.45, 2.75) is 13.1 Å². The van der Waals surface area contributed by atoms with Crippen LogP contribution in [0.15, 0.2) is 36.5 Å². The number of carbonyl (C=O) groups excluding carboxylic acids is 1. The predicted octanol–water partition coefficient (Wildman–Crippen LogP) is 4.12. The number of benzene rings is 1. The van der Waals surface area contributed by atoms with Crippen molar-refractivity contribution >= 4 is 28.5 Å². The Bertz CT molecular complexity index is 677. The summed E-state index contributed by atoms with van der Waals surface area (Å²) in [7, 11) is 0. The molecule has 0 bridgehead atoms. The van der Waals surface area contributed by atoms with Crippen LogP contribution in [0.5, 0.6) is 0 Å². The third-order valence-corrected chi connectivity index (χ3v) is 3.32. The summed E-state index contributed by atoms with van der Waals surface area (Å²) in [6.45, 7) is 1.85. The van der Waals surface area contributed by atoms with Crippen LogP contribution in [0.4, 0.5) is 18.3 Å². The van der Waals surface area contributed by atoms with Crippen LogP contribution in [0.25, 0.3) is 6.08 Å². The maximum atomic E-state index is 12.5. The number of amides is 1. The van der Waals surface area contributed by atoms with Crippen molar-refractivity contribution in [3.63, 3.8) is 0 Å². The minimum Gasteiger partial charge on any atom is -0.298 e. The number of hydrogen-bond donors (Lipinski definition) is 1. The number of hydrogen-bond acceptors (Lipinski definition) is 3. The number of carbonyl (C=O) groups is 1. The van der Waals surface area contributed by atoms with Crippen LogP contribution in [0.3, 0.4) is 0 Å². The van der Waals surface area contributed by atoms with Gasteiger partial charge in [0.25, 0.3) is 0 Å². The van der Waals surface area contributed by atoms with Gasteiger partial charge in [0.05, 0.1) is 5.56 Å². The topological polar surface area (TPSA) is 42.0 Å². The quantitative estimate of drug-likeness (QED) is 0.866. The van der Waals surface area contributed by atoms with Gasteiger partial charge in [-0.2, -0.15) is 13.2 Å². The van der Waals surface area contributed by atoms with Crippen molar-refractivity contribution in [1.82, 2.24) is 4.98 Å². The molecule has 0 radical (unpaired) electrons. The molecule has 1 aromatic heterocycles. The molecule has 1 aromatic carbocycles. The molecule has 2 aromatic rings. The number of halogens is 3. The second-order valence-corrected chi connectivity index (χ2v) is 5.46. The Morgan fingerprint density at radius 3 is 2.76 bits per heavy atom. The number of thiazole rings is 1. The fraction of sp³-hybridized carbons (Fsp3) is 0.143. The predicted molar refractivity (Wildman–Crippen MR) is 76.0 cm³/mol. The number of anilines is 1. The SMILES string of the molecule is Cc1cnc(NC(=O)C=Cc2cccc(C(F)(F)F)c2)s1. The number of rotatable bonds is 3. The lowest BCUT2D eigenvalue weighted by atomic mass is 10.1. The van der Waals surface area contributed by atoms with E-state index >= 15 is 0 Å². The van der Waals surface area contributed by atoms with Gasteiger partial charge in [-0.15, -0.1) is 11.3 Å². The summed E-state index contributed by atoms with van der Waals surface area (Å²) in [4.78, 5) is 16.5. The van der Waals surface area contributed by atoms with Crippen LogP contribution in [-0.4, -0.2) is 10.9 Å². The van der Waals surface area contributed by atoms with Gasteiger partial charge in [0.1, 0.15) is 0 Å². The first-order chi connectivity index (χ1) is 9.84. The van der Waals surface area contributed by atoms with Crippen molar-refractivity contribution in [3.05, 3.63) is 52.5 Å². The summed E-state index contributed by atoms with van der Waals surface area (Å²) in [5.74, 6) is -0.443. The molecule has 0 aliphatic heterocycles. The third kappa shape index (κ3) is 4.42. The van der Waals surface area contributed by atoms with Crippen molar-refractivity contribution < 1.29 is 18.0 Å². The zero-order chi connectivity index (χ0) is 15.5. The second kappa shape index (κ2) is 6.09. The minimum atomic E-state index is -4.40. The minimum absolute atomic E-state index is 0.301. The zero-order valence-corrected chi connectivity index (χ0v) is 11.8. The Hall–Kier alpha value is -2.15. The molecule has 7 heteroatoms. The average molecular weight is 312 g/mol. The van der Waals surface area contributed by atoms with Gasteiger partial charge >= 0.3 is 6.18 Å². The van der Waals surface area contributed by atoms with Crippen molar-refractivity contribution in [1.29, 1.82) is 0 Å². The highest BCUT2D eigenvalue weighted by molar-refractivity contribution is 7.15. The first-order valence-electron chi connectivity index (χ1n) is 5.93. The lowest BCUT2D eigenvalue weighted by molar-refractivity contribution is -0.137. The fourth-order valence-corrected chi connectivity index (χ4v) is 2.22. The normalized spacial score (nSPS) is 11.8. The number of nitrogens with zero attached hydrogens (tertiary/aromatic N) is 1. The Kier molecular flexibility index (Phi) is 4.42. The Morgan fingerprint density at radius 2 is 2.14 bits per heavy atom. The summed E-state index contributed by atoms with van der Waals surface area (Å²) in [6, 6.07) is 4.75. The number of alkyl halides is 3. The maximum absolute atomic E-state index is 12.5. The largest absolute Gasteiger partial charge is 0.416 e. The van der Waals surface area contributed by atoms with E-state index in [4.69, 9.17) is 0 Å². The van der Waals surface area contributed by atoms with Gasteiger partial charge in [-0.3, -0.25) is 10.1 Å². The monoisotopic (exact) mass is 312 g/mol. The third-order valence-electron chi connectivity index (χ3n) is 2.49. The van der Waals surface area contributed by atoms with Crippen molar-refractivity contribution in [2.75, 3.05) is 5.32 Å². The lowest BCUT2D eigenvalue weighted by Gasteiger charge is -2.06. The molecule has 0 saturated heterocycles. The van der Waals surface area contributed by atoms with Crippen LogP contribution in [0.2, 0.25) is 0 Å². The molecule has 0 aliphatic carbocycles. The van der Waals surface area contributed by atoms with E-state index in [0.717, 1.165) is 17.0 Å². The summed E-state index contributed by atoms with van der Waals surface area (Å²) in [5.41, 5.74) is -0.448. The molecule has 0 saturated carbocycles. The van der Waals surface area contributed by atoms with E-state index in [1.54, 1.807) is 6.20 Å².